The number of hydrogen-bond acceptors (Lipinski definition) is 5. The Labute approximate surface area is 287 Å². The number of nitrogens with zero attached hydrogens (tertiary/aromatic N) is 3. The predicted octanol–water partition coefficient (Wildman–Crippen LogP) is 12.0. The van der Waals surface area contributed by atoms with Gasteiger partial charge in [0.25, 0.3) is 0 Å². The van der Waals surface area contributed by atoms with Crippen LogP contribution in [0.5, 0.6) is 0 Å². The highest BCUT2D eigenvalue weighted by Gasteiger charge is 2.16. The van der Waals surface area contributed by atoms with Crippen LogP contribution in [0.4, 0.5) is 0 Å². The zero-order valence-electron chi connectivity index (χ0n) is 26.7. The number of benzene rings is 7. The minimum absolute atomic E-state index is 0.579. The highest BCUT2D eigenvalue weighted by atomic mass is 16.3. The molecule has 50 heavy (non-hydrogen) atoms. The maximum atomic E-state index is 6.33. The summed E-state index contributed by atoms with van der Waals surface area (Å²) in [6.45, 7) is 0. The van der Waals surface area contributed by atoms with Gasteiger partial charge in [-0.1, -0.05) is 140 Å². The molecular formula is C45H27N3O2. The Morgan fingerprint density at radius 2 is 0.780 bits per heavy atom. The fourth-order valence-electron chi connectivity index (χ4n) is 6.84. The van der Waals surface area contributed by atoms with Gasteiger partial charge < -0.3 is 8.83 Å². The molecule has 0 saturated heterocycles. The van der Waals surface area contributed by atoms with E-state index in [4.69, 9.17) is 23.8 Å². The van der Waals surface area contributed by atoms with Crippen molar-refractivity contribution in [1.82, 2.24) is 15.0 Å². The highest BCUT2D eigenvalue weighted by molar-refractivity contribution is 6.09. The van der Waals surface area contributed by atoms with Crippen molar-refractivity contribution in [1.29, 1.82) is 0 Å². The highest BCUT2D eigenvalue weighted by Crippen LogP contribution is 2.37. The van der Waals surface area contributed by atoms with E-state index in [1.54, 1.807) is 0 Å². The molecule has 3 heterocycles. The van der Waals surface area contributed by atoms with E-state index in [-0.39, 0.29) is 0 Å². The van der Waals surface area contributed by atoms with Crippen LogP contribution in [0.3, 0.4) is 0 Å². The van der Waals surface area contributed by atoms with Crippen molar-refractivity contribution in [3.8, 4) is 56.4 Å². The van der Waals surface area contributed by atoms with Crippen molar-refractivity contribution in [2.45, 2.75) is 0 Å². The second-order valence-corrected chi connectivity index (χ2v) is 12.4. The summed E-state index contributed by atoms with van der Waals surface area (Å²) in [5.74, 6) is 1.77. The average Bonchev–Trinajstić information content (AvgIpc) is 3.76. The Hall–Kier alpha value is -6.85. The van der Waals surface area contributed by atoms with E-state index < -0.39 is 0 Å². The molecule has 0 aliphatic heterocycles. The number of furan rings is 2. The van der Waals surface area contributed by atoms with E-state index in [0.29, 0.717) is 17.5 Å². The van der Waals surface area contributed by atoms with Gasteiger partial charge in [-0.3, -0.25) is 0 Å². The Balaban J connectivity index is 1.08. The zero-order chi connectivity index (χ0) is 33.0. The number of rotatable bonds is 5. The summed E-state index contributed by atoms with van der Waals surface area (Å²) in [4.78, 5) is 15.0. The van der Waals surface area contributed by atoms with Crippen LogP contribution >= 0.6 is 0 Å². The second kappa shape index (κ2) is 11.4. The third kappa shape index (κ3) is 4.75. The fourth-order valence-corrected chi connectivity index (χ4v) is 6.84. The zero-order valence-corrected chi connectivity index (χ0v) is 26.7. The van der Waals surface area contributed by atoms with Gasteiger partial charge in [0.2, 0.25) is 0 Å². The first-order valence-corrected chi connectivity index (χ1v) is 16.6. The Bertz CT molecular complexity index is 2850. The minimum atomic E-state index is 0.579. The van der Waals surface area contributed by atoms with Crippen LogP contribution in [0.15, 0.2) is 173 Å². The van der Waals surface area contributed by atoms with Crippen LogP contribution < -0.4 is 0 Å². The average molecular weight is 642 g/mol. The van der Waals surface area contributed by atoms with Gasteiger partial charge in [-0.25, -0.2) is 15.0 Å². The van der Waals surface area contributed by atoms with E-state index in [1.807, 2.05) is 48.5 Å². The van der Waals surface area contributed by atoms with Gasteiger partial charge in [0.15, 0.2) is 17.5 Å². The quantitative estimate of drug-likeness (QED) is 0.187. The van der Waals surface area contributed by atoms with Gasteiger partial charge in [-0.15, -0.1) is 0 Å². The third-order valence-corrected chi connectivity index (χ3v) is 9.38. The molecule has 0 bridgehead atoms. The van der Waals surface area contributed by atoms with Gasteiger partial charge >= 0.3 is 0 Å². The molecule has 3 aromatic heterocycles. The predicted molar refractivity (Wildman–Crippen MR) is 202 cm³/mol. The molecule has 0 fully saturated rings. The summed E-state index contributed by atoms with van der Waals surface area (Å²) >= 11 is 0. The first kappa shape index (κ1) is 28.2. The Morgan fingerprint density at radius 1 is 0.300 bits per heavy atom. The standard InChI is InChI=1S/C45H27N3O2/c1-2-9-28(10-3-1)29-17-21-31(22-18-29)43-46-44(48-45(47-43)33-25-26-37-35-11-4-6-15-39(35)49-41(37)27-33)32-23-19-30(20-24-32)34-13-8-14-38-36-12-5-7-16-40(36)50-42(34)38/h1-27H. The topological polar surface area (TPSA) is 65.0 Å². The molecule has 10 rings (SSSR count). The summed E-state index contributed by atoms with van der Waals surface area (Å²) in [7, 11) is 0. The van der Waals surface area contributed by atoms with Crippen molar-refractivity contribution in [2.75, 3.05) is 0 Å². The Kier molecular flexibility index (Phi) is 6.42. The van der Waals surface area contributed by atoms with Gasteiger partial charge in [0.1, 0.15) is 22.3 Å². The normalized spacial score (nSPS) is 11.6. The maximum Gasteiger partial charge on any atom is 0.164 e. The van der Waals surface area contributed by atoms with E-state index in [9.17, 15) is 0 Å². The summed E-state index contributed by atoms with van der Waals surface area (Å²) in [5, 5.41) is 4.37. The molecule has 5 heteroatoms. The summed E-state index contributed by atoms with van der Waals surface area (Å²) < 4.78 is 12.6. The Morgan fingerprint density at radius 3 is 1.48 bits per heavy atom. The third-order valence-electron chi connectivity index (χ3n) is 9.38. The van der Waals surface area contributed by atoms with Crippen molar-refractivity contribution >= 4 is 43.9 Å². The summed E-state index contributed by atoms with van der Waals surface area (Å²) in [5.41, 5.74) is 10.5. The monoisotopic (exact) mass is 641 g/mol. The molecule has 0 saturated carbocycles. The SMILES string of the molecule is c1ccc(-c2ccc(-c3nc(-c4ccc(-c5cccc6c5oc5ccccc56)cc4)nc(-c4ccc5c(c4)oc4ccccc45)n3)cc2)cc1. The number of para-hydroxylation sites is 3. The summed E-state index contributed by atoms with van der Waals surface area (Å²) in [6, 6.07) is 55.8. The minimum Gasteiger partial charge on any atom is -0.456 e. The van der Waals surface area contributed by atoms with Gasteiger partial charge in [-0.05, 0) is 41.0 Å². The van der Waals surface area contributed by atoms with Crippen LogP contribution in [0.1, 0.15) is 0 Å². The summed E-state index contributed by atoms with van der Waals surface area (Å²) in [6.07, 6.45) is 0. The fraction of sp³-hybridized carbons (Fsp3) is 0. The van der Waals surface area contributed by atoms with Gasteiger partial charge in [0.05, 0.1) is 0 Å². The molecule has 0 atom stereocenters. The number of aromatic nitrogens is 3. The van der Waals surface area contributed by atoms with Crippen molar-refractivity contribution in [2.24, 2.45) is 0 Å². The van der Waals surface area contributed by atoms with Crippen LogP contribution in [0.2, 0.25) is 0 Å². The largest absolute Gasteiger partial charge is 0.456 e. The molecule has 0 spiro atoms. The first-order valence-electron chi connectivity index (χ1n) is 16.6. The lowest BCUT2D eigenvalue weighted by Gasteiger charge is -2.10. The molecule has 10 aromatic rings. The second-order valence-electron chi connectivity index (χ2n) is 12.4. The van der Waals surface area contributed by atoms with Crippen LogP contribution in [0, 0.1) is 0 Å². The molecule has 7 aromatic carbocycles. The van der Waals surface area contributed by atoms with Gasteiger partial charge in [0, 0.05) is 43.8 Å². The smallest absolute Gasteiger partial charge is 0.164 e. The van der Waals surface area contributed by atoms with E-state index in [0.717, 1.165) is 82.8 Å². The molecule has 0 radical (unpaired) electrons. The van der Waals surface area contributed by atoms with E-state index in [2.05, 4.69) is 115 Å². The van der Waals surface area contributed by atoms with Crippen molar-refractivity contribution in [3.63, 3.8) is 0 Å². The van der Waals surface area contributed by atoms with Gasteiger partial charge in [-0.2, -0.15) is 0 Å². The maximum absolute atomic E-state index is 6.33. The molecule has 0 N–H and O–H groups in total. The first-order chi connectivity index (χ1) is 24.7. The molecule has 0 aliphatic rings. The molecule has 0 aliphatic carbocycles. The molecule has 5 nitrogen and oxygen atoms in total. The number of hydrogen-bond donors (Lipinski definition) is 0. The van der Waals surface area contributed by atoms with E-state index in [1.165, 1.54) is 0 Å². The van der Waals surface area contributed by atoms with Crippen molar-refractivity contribution < 1.29 is 8.83 Å². The van der Waals surface area contributed by atoms with Crippen LogP contribution in [-0.4, -0.2) is 15.0 Å². The molecule has 0 unspecified atom stereocenters. The lowest BCUT2D eigenvalue weighted by atomic mass is 10.0. The molecular weight excluding hydrogens is 615 g/mol. The lowest BCUT2D eigenvalue weighted by molar-refractivity contribution is 0.669. The van der Waals surface area contributed by atoms with Crippen molar-refractivity contribution in [3.05, 3.63) is 164 Å². The van der Waals surface area contributed by atoms with E-state index >= 15 is 0 Å². The number of fused-ring (bicyclic) bond motifs is 6. The molecule has 0 amide bonds. The van der Waals surface area contributed by atoms with Crippen LogP contribution in [0.25, 0.3) is 100 Å². The van der Waals surface area contributed by atoms with Crippen LogP contribution in [-0.2, 0) is 0 Å². The molecule has 234 valence electrons. The lowest BCUT2D eigenvalue weighted by Crippen LogP contribution is -2.00.